The molecule has 1 fully saturated rings. The molecule has 1 aliphatic rings. The second kappa shape index (κ2) is 9.77. The zero-order valence-electron chi connectivity index (χ0n) is 18.4. The highest BCUT2D eigenvalue weighted by atomic mass is 32.1. The van der Waals surface area contributed by atoms with Crippen molar-refractivity contribution in [2.75, 3.05) is 50.9 Å². The summed E-state index contributed by atoms with van der Waals surface area (Å²) in [5, 5.41) is 0.731. The minimum absolute atomic E-state index is 0.0138. The maximum Gasteiger partial charge on any atom is 0.266 e. The molecule has 1 aliphatic heterocycles. The molecular formula is C24H29N3O3S. The van der Waals surface area contributed by atoms with Gasteiger partial charge in [0, 0.05) is 26.2 Å². The van der Waals surface area contributed by atoms with Gasteiger partial charge in [0.15, 0.2) is 11.7 Å². The molecule has 164 valence electrons. The first kappa shape index (κ1) is 21.7. The van der Waals surface area contributed by atoms with E-state index in [-0.39, 0.29) is 12.5 Å². The van der Waals surface area contributed by atoms with E-state index in [0.29, 0.717) is 12.3 Å². The van der Waals surface area contributed by atoms with Gasteiger partial charge in [0.05, 0.1) is 23.4 Å². The topological polar surface area (TPSA) is 54.9 Å². The van der Waals surface area contributed by atoms with Gasteiger partial charge in [-0.3, -0.25) is 14.6 Å². The second-order valence-corrected chi connectivity index (χ2v) is 8.96. The molecule has 0 radical (unpaired) electrons. The number of rotatable bonds is 7. The van der Waals surface area contributed by atoms with Crippen molar-refractivity contribution in [2.45, 2.75) is 20.8 Å². The summed E-state index contributed by atoms with van der Waals surface area (Å²) >= 11 is 1.56. The number of benzene rings is 2. The predicted octanol–water partition coefficient (Wildman–Crippen LogP) is 3.97. The molecule has 7 heteroatoms. The quantitative estimate of drug-likeness (QED) is 0.558. The molecule has 0 unspecified atom stereocenters. The Hall–Kier alpha value is -2.48. The molecule has 0 aliphatic carbocycles. The van der Waals surface area contributed by atoms with E-state index in [1.807, 2.05) is 31.2 Å². The van der Waals surface area contributed by atoms with Crippen LogP contribution in [0.25, 0.3) is 10.2 Å². The van der Waals surface area contributed by atoms with Gasteiger partial charge in [-0.2, -0.15) is 0 Å². The van der Waals surface area contributed by atoms with Crippen molar-refractivity contribution in [1.29, 1.82) is 0 Å². The van der Waals surface area contributed by atoms with Crippen LogP contribution >= 0.6 is 11.3 Å². The molecule has 31 heavy (non-hydrogen) atoms. The highest BCUT2D eigenvalue weighted by molar-refractivity contribution is 7.22. The average Bonchev–Trinajstić information content (AvgIpc) is 3.21. The molecule has 2 aromatic carbocycles. The lowest BCUT2D eigenvalue weighted by Crippen LogP contribution is -2.44. The molecule has 0 bridgehead atoms. The number of thiazole rings is 1. The Labute approximate surface area is 187 Å². The summed E-state index contributed by atoms with van der Waals surface area (Å²) < 4.78 is 12.3. The fourth-order valence-electron chi connectivity index (χ4n) is 3.58. The van der Waals surface area contributed by atoms with Crippen LogP contribution in [0.1, 0.15) is 16.7 Å². The number of carbonyl (C=O) groups excluding carboxylic acids is 1. The summed E-state index contributed by atoms with van der Waals surface area (Å²) in [4.78, 5) is 22.2. The standard InChI is InChI=1S/C24H29N3O3S/c1-17-4-7-20(8-5-17)30-16-22(28)27(11-10-26-12-14-29-15-13-26)24-25-23-19(3)18(2)6-9-21(23)31-24/h4-9H,10-16H2,1-3H3. The Morgan fingerprint density at radius 1 is 1.13 bits per heavy atom. The number of anilines is 1. The third kappa shape index (κ3) is 5.23. The van der Waals surface area contributed by atoms with E-state index < -0.39 is 0 Å². The number of ether oxygens (including phenoxy) is 2. The number of aromatic nitrogens is 1. The van der Waals surface area contributed by atoms with E-state index in [0.717, 1.165) is 59.3 Å². The van der Waals surface area contributed by atoms with Crippen LogP contribution in [0, 0.1) is 20.8 Å². The van der Waals surface area contributed by atoms with E-state index >= 15 is 0 Å². The Balaban J connectivity index is 1.53. The number of fused-ring (bicyclic) bond motifs is 1. The first-order chi connectivity index (χ1) is 15.0. The van der Waals surface area contributed by atoms with Crippen molar-refractivity contribution in [3.8, 4) is 5.75 Å². The number of morpholine rings is 1. The van der Waals surface area contributed by atoms with Gasteiger partial charge >= 0.3 is 0 Å². The Bertz CT molecular complexity index is 1040. The lowest BCUT2D eigenvalue weighted by Gasteiger charge is -2.29. The first-order valence-corrected chi connectivity index (χ1v) is 11.5. The van der Waals surface area contributed by atoms with Gasteiger partial charge in [-0.05, 0) is 50.1 Å². The van der Waals surface area contributed by atoms with Gasteiger partial charge in [0.2, 0.25) is 0 Å². The number of nitrogens with zero attached hydrogens (tertiary/aromatic N) is 3. The van der Waals surface area contributed by atoms with Crippen LogP contribution in [-0.4, -0.2) is 61.8 Å². The second-order valence-electron chi connectivity index (χ2n) is 7.95. The molecule has 2 heterocycles. The van der Waals surface area contributed by atoms with Crippen LogP contribution in [0.2, 0.25) is 0 Å². The normalized spacial score (nSPS) is 14.7. The largest absolute Gasteiger partial charge is 0.484 e. The van der Waals surface area contributed by atoms with Gasteiger partial charge in [0.1, 0.15) is 5.75 Å². The number of amides is 1. The highest BCUT2D eigenvalue weighted by Crippen LogP contribution is 2.32. The maximum absolute atomic E-state index is 13.2. The molecule has 4 rings (SSSR count). The number of aryl methyl sites for hydroxylation is 3. The molecular weight excluding hydrogens is 410 g/mol. The summed E-state index contributed by atoms with van der Waals surface area (Å²) in [5.74, 6) is 0.616. The third-order valence-electron chi connectivity index (χ3n) is 5.73. The fraction of sp³-hybridized carbons (Fsp3) is 0.417. The summed E-state index contributed by atoms with van der Waals surface area (Å²) in [6.45, 7) is 10.8. The molecule has 0 spiro atoms. The highest BCUT2D eigenvalue weighted by Gasteiger charge is 2.22. The van der Waals surface area contributed by atoms with Crippen LogP contribution in [-0.2, 0) is 9.53 Å². The first-order valence-electron chi connectivity index (χ1n) is 10.7. The molecule has 1 saturated heterocycles. The van der Waals surface area contributed by atoms with Crippen molar-refractivity contribution in [2.24, 2.45) is 0 Å². The van der Waals surface area contributed by atoms with Crippen LogP contribution in [0.15, 0.2) is 36.4 Å². The van der Waals surface area contributed by atoms with Gasteiger partial charge in [-0.25, -0.2) is 4.98 Å². The summed E-state index contributed by atoms with van der Waals surface area (Å²) in [7, 11) is 0. The molecule has 3 aromatic rings. The van der Waals surface area contributed by atoms with E-state index in [2.05, 4.69) is 30.9 Å². The molecule has 0 N–H and O–H groups in total. The summed E-state index contributed by atoms with van der Waals surface area (Å²) in [5.41, 5.74) is 4.50. The number of hydrogen-bond donors (Lipinski definition) is 0. The van der Waals surface area contributed by atoms with E-state index in [4.69, 9.17) is 14.5 Å². The van der Waals surface area contributed by atoms with Gasteiger partial charge < -0.3 is 9.47 Å². The van der Waals surface area contributed by atoms with Crippen molar-refractivity contribution in [3.63, 3.8) is 0 Å². The van der Waals surface area contributed by atoms with Gasteiger partial charge in [-0.1, -0.05) is 35.1 Å². The van der Waals surface area contributed by atoms with Crippen molar-refractivity contribution < 1.29 is 14.3 Å². The zero-order chi connectivity index (χ0) is 21.8. The number of hydrogen-bond acceptors (Lipinski definition) is 6. The Kier molecular flexibility index (Phi) is 6.85. The molecule has 1 amide bonds. The van der Waals surface area contributed by atoms with Gasteiger partial charge in [-0.15, -0.1) is 0 Å². The molecule has 1 aromatic heterocycles. The van der Waals surface area contributed by atoms with Crippen molar-refractivity contribution in [1.82, 2.24) is 9.88 Å². The van der Waals surface area contributed by atoms with Crippen LogP contribution in [0.4, 0.5) is 5.13 Å². The molecule has 6 nitrogen and oxygen atoms in total. The van der Waals surface area contributed by atoms with Crippen LogP contribution in [0.5, 0.6) is 5.75 Å². The smallest absolute Gasteiger partial charge is 0.266 e. The summed E-state index contributed by atoms with van der Waals surface area (Å²) in [6.07, 6.45) is 0. The molecule has 0 atom stereocenters. The fourth-order valence-corrected chi connectivity index (χ4v) is 4.65. The average molecular weight is 440 g/mol. The summed E-state index contributed by atoms with van der Waals surface area (Å²) in [6, 6.07) is 11.9. The maximum atomic E-state index is 13.2. The Morgan fingerprint density at radius 3 is 2.61 bits per heavy atom. The van der Waals surface area contributed by atoms with Crippen molar-refractivity contribution >= 4 is 32.6 Å². The predicted molar refractivity (Wildman–Crippen MR) is 125 cm³/mol. The van der Waals surface area contributed by atoms with E-state index in [1.165, 1.54) is 5.56 Å². The zero-order valence-corrected chi connectivity index (χ0v) is 19.2. The molecule has 0 saturated carbocycles. The number of carbonyl (C=O) groups is 1. The monoisotopic (exact) mass is 439 g/mol. The Morgan fingerprint density at radius 2 is 1.87 bits per heavy atom. The lowest BCUT2D eigenvalue weighted by atomic mass is 10.1. The minimum Gasteiger partial charge on any atom is -0.484 e. The van der Waals surface area contributed by atoms with Gasteiger partial charge in [0.25, 0.3) is 5.91 Å². The van der Waals surface area contributed by atoms with Crippen LogP contribution < -0.4 is 9.64 Å². The van der Waals surface area contributed by atoms with E-state index in [9.17, 15) is 4.79 Å². The third-order valence-corrected chi connectivity index (χ3v) is 6.78. The SMILES string of the molecule is Cc1ccc(OCC(=O)N(CCN2CCOCC2)c2nc3c(C)c(C)ccc3s2)cc1. The minimum atomic E-state index is -0.0812. The van der Waals surface area contributed by atoms with E-state index in [1.54, 1.807) is 16.2 Å². The lowest BCUT2D eigenvalue weighted by molar-refractivity contribution is -0.120. The van der Waals surface area contributed by atoms with Crippen LogP contribution in [0.3, 0.4) is 0 Å². The van der Waals surface area contributed by atoms with Crippen molar-refractivity contribution in [3.05, 3.63) is 53.1 Å².